The number of rotatable bonds is 2. The molecule has 3 heterocycles. The van der Waals surface area contributed by atoms with Gasteiger partial charge in [-0.15, -0.1) is 0 Å². The molecule has 1 aliphatic rings. The van der Waals surface area contributed by atoms with Crippen molar-refractivity contribution in [2.75, 3.05) is 13.6 Å². The molecule has 1 aromatic carbocycles. The Balaban J connectivity index is 1.86. The van der Waals surface area contributed by atoms with Gasteiger partial charge in [0.1, 0.15) is 0 Å². The molecule has 0 bridgehead atoms. The maximum Gasteiger partial charge on any atom is 0.0483 e. The summed E-state index contributed by atoms with van der Waals surface area (Å²) in [5, 5.41) is 1.41. The third-order valence-electron chi connectivity index (χ3n) is 5.38. The van der Waals surface area contributed by atoms with E-state index in [1.54, 1.807) is 0 Å². The third kappa shape index (κ3) is 2.79. The Morgan fingerprint density at radius 2 is 1.92 bits per heavy atom. The zero-order chi connectivity index (χ0) is 17.6. The van der Waals surface area contributed by atoms with Crippen LogP contribution in [0.2, 0.25) is 0 Å². The lowest BCUT2D eigenvalue weighted by molar-refractivity contribution is 0.295. The Hall–Kier alpha value is -2.39. The van der Waals surface area contributed by atoms with Crippen molar-refractivity contribution in [1.29, 1.82) is 0 Å². The molecule has 0 N–H and O–H groups in total. The number of allylic oxidation sites excluding steroid dienone is 1. The highest BCUT2D eigenvalue weighted by molar-refractivity contribution is 5.87. The van der Waals surface area contributed by atoms with E-state index in [2.05, 4.69) is 78.8 Å². The fourth-order valence-corrected chi connectivity index (χ4v) is 4.19. The number of fused-ring (bicyclic) bond motifs is 3. The van der Waals surface area contributed by atoms with E-state index in [9.17, 15) is 0 Å². The molecule has 0 amide bonds. The summed E-state index contributed by atoms with van der Waals surface area (Å²) < 4.78 is 2.40. The predicted molar refractivity (Wildman–Crippen MR) is 105 cm³/mol. The Morgan fingerprint density at radius 3 is 2.68 bits per heavy atom. The number of nitrogens with zero attached hydrogens (tertiary/aromatic N) is 3. The van der Waals surface area contributed by atoms with Crippen LogP contribution >= 0.6 is 0 Å². The van der Waals surface area contributed by atoms with Crippen LogP contribution in [0.1, 0.15) is 35.2 Å². The number of hydrogen-bond acceptors (Lipinski definition) is 2. The average Bonchev–Trinajstić information content (AvgIpc) is 2.87. The second-order valence-electron chi connectivity index (χ2n) is 7.33. The molecule has 0 aliphatic carbocycles. The van der Waals surface area contributed by atoms with Crippen molar-refractivity contribution in [1.82, 2.24) is 14.5 Å². The van der Waals surface area contributed by atoms with Crippen LogP contribution in [-0.2, 0) is 13.6 Å². The lowest BCUT2D eigenvalue weighted by Gasteiger charge is -2.30. The highest BCUT2D eigenvalue weighted by Gasteiger charge is 2.28. The largest absolute Gasteiger partial charge is 0.347 e. The van der Waals surface area contributed by atoms with Gasteiger partial charge in [0.2, 0.25) is 0 Å². The first-order valence-corrected chi connectivity index (χ1v) is 8.90. The van der Waals surface area contributed by atoms with Crippen molar-refractivity contribution < 1.29 is 0 Å². The Labute approximate surface area is 149 Å². The summed E-state index contributed by atoms with van der Waals surface area (Å²) in [5.41, 5.74) is 8.18. The van der Waals surface area contributed by atoms with Crippen molar-refractivity contribution >= 4 is 16.5 Å². The molecule has 3 heteroatoms. The number of benzene rings is 1. The van der Waals surface area contributed by atoms with Gasteiger partial charge in [-0.3, -0.25) is 4.98 Å². The lowest BCUT2D eigenvalue weighted by atomic mass is 9.92. The molecule has 3 nitrogen and oxygen atoms in total. The molecular weight excluding hydrogens is 306 g/mol. The van der Waals surface area contributed by atoms with E-state index < -0.39 is 0 Å². The standard InChI is InChI=1S/C22H25N3/c1-15-5-6-21-19(11-15)20-14-24(3)13-18(22(20)25(21)4)12-16(2)17-7-9-23-10-8-17/h5-12,18H,13-14H2,1-4H3. The maximum absolute atomic E-state index is 4.13. The Kier molecular flexibility index (Phi) is 3.97. The van der Waals surface area contributed by atoms with Gasteiger partial charge in [0.05, 0.1) is 0 Å². The summed E-state index contributed by atoms with van der Waals surface area (Å²) in [4.78, 5) is 6.57. The average molecular weight is 331 g/mol. The van der Waals surface area contributed by atoms with E-state index in [1.165, 1.54) is 38.9 Å². The number of pyridine rings is 1. The van der Waals surface area contributed by atoms with Crippen LogP contribution in [0.25, 0.3) is 16.5 Å². The summed E-state index contributed by atoms with van der Waals surface area (Å²) in [6.07, 6.45) is 6.16. The molecule has 2 aromatic heterocycles. The first-order valence-electron chi connectivity index (χ1n) is 8.90. The van der Waals surface area contributed by atoms with Crippen LogP contribution in [0.15, 0.2) is 48.8 Å². The smallest absolute Gasteiger partial charge is 0.0483 e. The highest BCUT2D eigenvalue weighted by Crippen LogP contribution is 2.37. The molecule has 4 rings (SSSR count). The van der Waals surface area contributed by atoms with Gasteiger partial charge in [0.25, 0.3) is 0 Å². The predicted octanol–water partition coefficient (Wildman–Crippen LogP) is 4.51. The van der Waals surface area contributed by atoms with Gasteiger partial charge in [-0.25, -0.2) is 0 Å². The maximum atomic E-state index is 4.13. The van der Waals surface area contributed by atoms with Gasteiger partial charge in [-0.1, -0.05) is 17.7 Å². The third-order valence-corrected chi connectivity index (χ3v) is 5.38. The molecule has 25 heavy (non-hydrogen) atoms. The van der Waals surface area contributed by atoms with Gasteiger partial charge in [0.15, 0.2) is 0 Å². The van der Waals surface area contributed by atoms with Gasteiger partial charge >= 0.3 is 0 Å². The Bertz CT molecular complexity index is 950. The van der Waals surface area contributed by atoms with E-state index in [4.69, 9.17) is 0 Å². The van der Waals surface area contributed by atoms with E-state index in [0.717, 1.165) is 13.1 Å². The topological polar surface area (TPSA) is 21.1 Å². The van der Waals surface area contributed by atoms with Crippen LogP contribution in [0.4, 0.5) is 0 Å². The first kappa shape index (κ1) is 16.1. The minimum Gasteiger partial charge on any atom is -0.347 e. The quantitative estimate of drug-likeness (QED) is 0.689. The fraction of sp³-hybridized carbons (Fsp3) is 0.318. The summed E-state index contributed by atoms with van der Waals surface area (Å²) in [6.45, 7) is 6.46. The molecular formula is C22H25N3. The van der Waals surface area contributed by atoms with E-state index in [-0.39, 0.29) is 0 Å². The van der Waals surface area contributed by atoms with Crippen molar-refractivity contribution in [3.05, 3.63) is 71.2 Å². The van der Waals surface area contributed by atoms with E-state index >= 15 is 0 Å². The van der Waals surface area contributed by atoms with Gasteiger partial charge < -0.3 is 9.47 Å². The minimum absolute atomic E-state index is 0.402. The first-order chi connectivity index (χ1) is 12.0. The van der Waals surface area contributed by atoms with Gasteiger partial charge in [-0.2, -0.15) is 0 Å². The number of hydrogen-bond donors (Lipinski definition) is 0. The van der Waals surface area contributed by atoms with Crippen LogP contribution in [-0.4, -0.2) is 28.0 Å². The molecule has 0 radical (unpaired) electrons. The van der Waals surface area contributed by atoms with Crippen molar-refractivity contribution in [3.8, 4) is 0 Å². The monoisotopic (exact) mass is 331 g/mol. The zero-order valence-electron chi connectivity index (χ0n) is 15.5. The molecule has 3 aromatic rings. The van der Waals surface area contributed by atoms with Crippen LogP contribution in [0.3, 0.4) is 0 Å². The molecule has 0 fully saturated rings. The second kappa shape index (κ2) is 6.16. The number of aryl methyl sites for hydroxylation is 2. The summed E-state index contributed by atoms with van der Waals surface area (Å²) in [5.74, 6) is 0.402. The SMILES string of the molecule is CC(=CC1CN(C)Cc2c1n(C)c1ccc(C)cc21)c1ccncc1. The summed E-state index contributed by atoms with van der Waals surface area (Å²) >= 11 is 0. The molecule has 0 saturated carbocycles. The molecule has 1 atom stereocenters. The normalized spacial score (nSPS) is 18.6. The lowest BCUT2D eigenvalue weighted by Crippen LogP contribution is -2.30. The van der Waals surface area contributed by atoms with Gasteiger partial charge in [0, 0.05) is 55.0 Å². The van der Waals surface area contributed by atoms with Crippen molar-refractivity contribution in [2.45, 2.75) is 26.3 Å². The molecule has 1 unspecified atom stereocenters. The fourth-order valence-electron chi connectivity index (χ4n) is 4.19. The van der Waals surface area contributed by atoms with Crippen LogP contribution in [0.5, 0.6) is 0 Å². The highest BCUT2D eigenvalue weighted by atomic mass is 15.1. The van der Waals surface area contributed by atoms with Crippen LogP contribution in [0, 0.1) is 6.92 Å². The van der Waals surface area contributed by atoms with E-state index in [1.807, 2.05) is 12.4 Å². The molecule has 128 valence electrons. The van der Waals surface area contributed by atoms with Gasteiger partial charge in [-0.05, 0) is 61.9 Å². The van der Waals surface area contributed by atoms with Crippen LogP contribution < -0.4 is 0 Å². The molecule has 0 spiro atoms. The number of likely N-dealkylation sites (N-methyl/N-ethyl adjacent to an activating group) is 1. The molecule has 1 aliphatic heterocycles. The van der Waals surface area contributed by atoms with E-state index in [0.29, 0.717) is 5.92 Å². The zero-order valence-corrected chi connectivity index (χ0v) is 15.5. The second-order valence-corrected chi connectivity index (χ2v) is 7.33. The number of aromatic nitrogens is 2. The summed E-state index contributed by atoms with van der Waals surface area (Å²) in [6, 6.07) is 11.0. The Morgan fingerprint density at radius 1 is 1.16 bits per heavy atom. The van der Waals surface area contributed by atoms with Crippen molar-refractivity contribution in [3.63, 3.8) is 0 Å². The molecule has 0 saturated heterocycles. The van der Waals surface area contributed by atoms with Crippen molar-refractivity contribution in [2.24, 2.45) is 7.05 Å². The summed E-state index contributed by atoms with van der Waals surface area (Å²) in [7, 11) is 4.44. The minimum atomic E-state index is 0.402.